The Labute approximate surface area is 133 Å². The molecule has 0 saturated heterocycles. The maximum Gasteiger partial charge on any atom is 0.325 e. The molecule has 2 aromatic carbocycles. The van der Waals surface area contributed by atoms with E-state index in [1.54, 1.807) is 0 Å². The number of nitrogens with zero attached hydrogens (tertiary/aromatic N) is 1. The quantitative estimate of drug-likeness (QED) is 0.729. The second-order valence-electron chi connectivity index (χ2n) is 5.12. The standard InChI is InChI=1S/C17H17N3OS/c1-3-12-5-4-6-13(10-12)18-16(21)20-17-19-14-8-7-11(2)9-15(14)22-17/h4-10H,3H2,1-2H3,(H2,18,19,20,21). The Balaban J connectivity index is 1.72. The first-order valence-corrected chi connectivity index (χ1v) is 8.00. The Morgan fingerprint density at radius 2 is 2.05 bits per heavy atom. The Morgan fingerprint density at radius 1 is 1.18 bits per heavy atom. The minimum absolute atomic E-state index is 0.274. The van der Waals surface area contributed by atoms with E-state index in [0.29, 0.717) is 5.13 Å². The number of aryl methyl sites for hydroxylation is 2. The monoisotopic (exact) mass is 311 g/mol. The molecule has 112 valence electrons. The lowest BCUT2D eigenvalue weighted by molar-refractivity contribution is 0.262. The average Bonchev–Trinajstić information content (AvgIpc) is 2.88. The molecule has 0 radical (unpaired) electrons. The number of rotatable bonds is 3. The summed E-state index contributed by atoms with van der Waals surface area (Å²) in [5.74, 6) is 0. The van der Waals surface area contributed by atoms with Gasteiger partial charge in [-0.05, 0) is 48.7 Å². The predicted octanol–water partition coefficient (Wildman–Crippen LogP) is 4.81. The molecule has 1 aromatic heterocycles. The Hall–Kier alpha value is -2.40. The minimum Gasteiger partial charge on any atom is -0.308 e. The third kappa shape index (κ3) is 3.26. The largest absolute Gasteiger partial charge is 0.325 e. The van der Waals surface area contributed by atoms with Crippen molar-refractivity contribution in [3.63, 3.8) is 0 Å². The molecule has 0 fully saturated rings. The van der Waals surface area contributed by atoms with Crippen molar-refractivity contribution in [2.24, 2.45) is 0 Å². The molecule has 0 unspecified atom stereocenters. The van der Waals surface area contributed by atoms with Crippen molar-refractivity contribution in [1.29, 1.82) is 0 Å². The zero-order valence-electron chi connectivity index (χ0n) is 12.5. The molecule has 2 amide bonds. The molecule has 1 heterocycles. The fraction of sp³-hybridized carbons (Fsp3) is 0.176. The normalized spacial score (nSPS) is 10.6. The number of fused-ring (bicyclic) bond motifs is 1. The summed E-state index contributed by atoms with van der Waals surface area (Å²) in [7, 11) is 0. The minimum atomic E-state index is -0.274. The van der Waals surface area contributed by atoms with Crippen LogP contribution in [0.4, 0.5) is 15.6 Å². The van der Waals surface area contributed by atoms with Gasteiger partial charge in [0.2, 0.25) is 0 Å². The Morgan fingerprint density at radius 3 is 2.86 bits per heavy atom. The van der Waals surface area contributed by atoms with Crippen molar-refractivity contribution in [3.8, 4) is 0 Å². The average molecular weight is 311 g/mol. The van der Waals surface area contributed by atoms with Crippen LogP contribution in [0.2, 0.25) is 0 Å². The van der Waals surface area contributed by atoms with Gasteiger partial charge in [-0.25, -0.2) is 9.78 Å². The van der Waals surface area contributed by atoms with Crippen LogP contribution in [0.15, 0.2) is 42.5 Å². The molecule has 0 aliphatic rings. The third-order valence-corrected chi connectivity index (χ3v) is 4.29. The first-order valence-electron chi connectivity index (χ1n) is 7.18. The van der Waals surface area contributed by atoms with Crippen LogP contribution in [-0.4, -0.2) is 11.0 Å². The molecule has 0 aliphatic carbocycles. The molecule has 2 N–H and O–H groups in total. The molecule has 4 nitrogen and oxygen atoms in total. The lowest BCUT2D eigenvalue weighted by atomic mass is 10.1. The first-order chi connectivity index (χ1) is 10.6. The van der Waals surface area contributed by atoms with Crippen molar-refractivity contribution >= 4 is 38.4 Å². The van der Waals surface area contributed by atoms with E-state index in [9.17, 15) is 4.79 Å². The van der Waals surface area contributed by atoms with E-state index < -0.39 is 0 Å². The SMILES string of the molecule is CCc1cccc(NC(=O)Nc2nc3ccc(C)cc3s2)c1. The summed E-state index contributed by atoms with van der Waals surface area (Å²) in [4.78, 5) is 16.5. The molecule has 0 aliphatic heterocycles. The molecule has 0 saturated carbocycles. The highest BCUT2D eigenvalue weighted by Gasteiger charge is 2.08. The van der Waals surface area contributed by atoms with Gasteiger partial charge in [0.25, 0.3) is 0 Å². The number of benzene rings is 2. The lowest BCUT2D eigenvalue weighted by Crippen LogP contribution is -2.19. The number of urea groups is 1. The molecule has 5 heteroatoms. The third-order valence-electron chi connectivity index (χ3n) is 3.36. The fourth-order valence-corrected chi connectivity index (χ4v) is 3.17. The van der Waals surface area contributed by atoms with E-state index in [1.165, 1.54) is 22.5 Å². The van der Waals surface area contributed by atoms with Crippen molar-refractivity contribution in [1.82, 2.24) is 4.98 Å². The molecular formula is C17H17N3OS. The van der Waals surface area contributed by atoms with Gasteiger partial charge in [0.15, 0.2) is 5.13 Å². The molecule has 0 spiro atoms. The summed E-state index contributed by atoms with van der Waals surface area (Å²) in [5, 5.41) is 6.23. The molecule has 3 aromatic rings. The number of nitrogens with one attached hydrogen (secondary N) is 2. The predicted molar refractivity (Wildman–Crippen MR) is 92.8 cm³/mol. The number of aromatic nitrogens is 1. The molecule has 22 heavy (non-hydrogen) atoms. The molecule has 0 bridgehead atoms. The zero-order valence-corrected chi connectivity index (χ0v) is 13.3. The summed E-state index contributed by atoms with van der Waals surface area (Å²) in [6.45, 7) is 4.13. The van der Waals surface area contributed by atoms with Crippen LogP contribution in [0.1, 0.15) is 18.1 Å². The van der Waals surface area contributed by atoms with E-state index in [4.69, 9.17) is 0 Å². The van der Waals surface area contributed by atoms with E-state index >= 15 is 0 Å². The van der Waals surface area contributed by atoms with Crippen LogP contribution >= 0.6 is 11.3 Å². The number of hydrogen-bond donors (Lipinski definition) is 2. The summed E-state index contributed by atoms with van der Waals surface area (Å²) >= 11 is 1.47. The second kappa shape index (κ2) is 6.15. The number of carbonyl (C=O) groups excluding carboxylic acids is 1. The van der Waals surface area contributed by atoms with Gasteiger partial charge in [0.1, 0.15) is 0 Å². The summed E-state index contributed by atoms with van der Waals surface area (Å²) < 4.78 is 1.07. The number of hydrogen-bond acceptors (Lipinski definition) is 3. The van der Waals surface area contributed by atoms with Gasteiger partial charge >= 0.3 is 6.03 Å². The highest BCUT2D eigenvalue weighted by atomic mass is 32.1. The van der Waals surface area contributed by atoms with Gasteiger partial charge in [-0.3, -0.25) is 5.32 Å². The van der Waals surface area contributed by atoms with Crippen molar-refractivity contribution in [2.45, 2.75) is 20.3 Å². The van der Waals surface area contributed by atoms with Crippen LogP contribution in [-0.2, 0) is 6.42 Å². The number of thiazole rings is 1. The van der Waals surface area contributed by atoms with Gasteiger partial charge < -0.3 is 5.32 Å². The lowest BCUT2D eigenvalue weighted by Gasteiger charge is -2.06. The number of anilines is 2. The van der Waals surface area contributed by atoms with Gasteiger partial charge in [0, 0.05) is 5.69 Å². The van der Waals surface area contributed by atoms with Gasteiger partial charge in [-0.1, -0.05) is 36.5 Å². The Bertz CT molecular complexity index is 826. The van der Waals surface area contributed by atoms with Gasteiger partial charge in [-0.15, -0.1) is 0 Å². The fourth-order valence-electron chi connectivity index (χ4n) is 2.21. The van der Waals surface area contributed by atoms with Crippen LogP contribution in [0, 0.1) is 6.92 Å². The zero-order chi connectivity index (χ0) is 15.5. The van der Waals surface area contributed by atoms with Crippen molar-refractivity contribution in [2.75, 3.05) is 10.6 Å². The second-order valence-corrected chi connectivity index (χ2v) is 6.15. The van der Waals surface area contributed by atoms with Crippen molar-refractivity contribution < 1.29 is 4.79 Å². The van der Waals surface area contributed by atoms with E-state index in [1.807, 2.05) is 43.3 Å². The molecule has 0 atom stereocenters. The van der Waals surface area contributed by atoms with E-state index in [0.717, 1.165) is 22.3 Å². The molecule has 3 rings (SSSR count). The number of carbonyl (C=O) groups is 1. The van der Waals surface area contributed by atoms with Crippen LogP contribution in [0.5, 0.6) is 0 Å². The van der Waals surface area contributed by atoms with Crippen LogP contribution in [0.3, 0.4) is 0 Å². The maximum absolute atomic E-state index is 12.1. The molecular weight excluding hydrogens is 294 g/mol. The summed E-state index contributed by atoms with van der Waals surface area (Å²) in [6, 6.07) is 13.6. The van der Waals surface area contributed by atoms with Gasteiger partial charge in [0.05, 0.1) is 10.2 Å². The first kappa shape index (κ1) is 14.5. The summed E-state index contributed by atoms with van der Waals surface area (Å²) in [6.07, 6.45) is 0.939. The van der Waals surface area contributed by atoms with Crippen LogP contribution in [0.25, 0.3) is 10.2 Å². The van der Waals surface area contributed by atoms with E-state index in [2.05, 4.69) is 28.6 Å². The van der Waals surface area contributed by atoms with Gasteiger partial charge in [-0.2, -0.15) is 0 Å². The van der Waals surface area contributed by atoms with Crippen molar-refractivity contribution in [3.05, 3.63) is 53.6 Å². The topological polar surface area (TPSA) is 54.0 Å². The maximum atomic E-state index is 12.1. The highest BCUT2D eigenvalue weighted by molar-refractivity contribution is 7.22. The van der Waals surface area contributed by atoms with Crippen LogP contribution < -0.4 is 10.6 Å². The summed E-state index contributed by atoms with van der Waals surface area (Å²) in [5.41, 5.74) is 4.06. The van der Waals surface area contributed by atoms with E-state index in [-0.39, 0.29) is 6.03 Å². The highest BCUT2D eigenvalue weighted by Crippen LogP contribution is 2.26. The Kier molecular flexibility index (Phi) is 4.06. The smallest absolute Gasteiger partial charge is 0.308 e. The number of amides is 2.